The van der Waals surface area contributed by atoms with E-state index in [1.807, 2.05) is 6.07 Å². The molecule has 0 aliphatic heterocycles. The number of carbonyl (C=O) groups excluding carboxylic acids is 1. The summed E-state index contributed by atoms with van der Waals surface area (Å²) in [4.78, 5) is 30.0. The number of nitrogens with one attached hydrogen (secondary N) is 1. The van der Waals surface area contributed by atoms with Crippen molar-refractivity contribution in [1.82, 2.24) is 30.4 Å². The van der Waals surface area contributed by atoms with Crippen molar-refractivity contribution in [3.8, 4) is 23.0 Å². The lowest BCUT2D eigenvalue weighted by Gasteiger charge is -2.14. The molecular weight excluding hydrogens is 350 g/mol. The third-order valence-electron chi connectivity index (χ3n) is 3.58. The van der Waals surface area contributed by atoms with Crippen LogP contribution in [-0.4, -0.2) is 53.8 Å². The van der Waals surface area contributed by atoms with Gasteiger partial charge in [0, 0.05) is 12.6 Å². The summed E-state index contributed by atoms with van der Waals surface area (Å²) in [5.41, 5.74) is 1.50. The van der Waals surface area contributed by atoms with E-state index in [4.69, 9.17) is 0 Å². The Morgan fingerprint density at radius 3 is 2.26 bits per heavy atom. The predicted octanol–water partition coefficient (Wildman–Crippen LogP) is 1.23. The van der Waals surface area contributed by atoms with Crippen molar-refractivity contribution < 1.29 is 14.7 Å². The molecule has 0 fully saturated rings. The van der Waals surface area contributed by atoms with E-state index in [1.54, 1.807) is 30.5 Å². The third-order valence-corrected chi connectivity index (χ3v) is 3.58. The second-order valence-electron chi connectivity index (χ2n) is 5.47. The molecule has 10 heteroatoms. The van der Waals surface area contributed by atoms with E-state index < -0.39 is 12.0 Å². The predicted molar refractivity (Wildman–Crippen MR) is 94.4 cm³/mol. The van der Waals surface area contributed by atoms with Gasteiger partial charge >= 0.3 is 5.97 Å². The summed E-state index contributed by atoms with van der Waals surface area (Å²) in [5.74, 6) is -0.503. The van der Waals surface area contributed by atoms with Gasteiger partial charge in [-0.25, -0.2) is 4.79 Å². The second kappa shape index (κ2) is 8.52. The van der Waals surface area contributed by atoms with Gasteiger partial charge in [0.25, 0.3) is 0 Å². The minimum Gasteiger partial charge on any atom is -0.480 e. The normalized spacial score (nSPS) is 11.6. The van der Waals surface area contributed by atoms with Crippen molar-refractivity contribution in [3.63, 3.8) is 0 Å². The molecule has 0 bridgehead atoms. The highest BCUT2D eigenvalue weighted by Crippen LogP contribution is 2.16. The highest BCUT2D eigenvalue weighted by molar-refractivity contribution is 5.77. The number of pyridine rings is 2. The molecule has 3 heterocycles. The molecule has 27 heavy (non-hydrogen) atoms. The van der Waals surface area contributed by atoms with Crippen molar-refractivity contribution in [2.24, 2.45) is 0 Å². The fraction of sp³-hybridized carbons (Fsp3) is 0.176. The number of hydrogen-bond acceptors (Lipinski definition) is 9. The Hall–Kier alpha value is -3.82. The van der Waals surface area contributed by atoms with Crippen LogP contribution >= 0.6 is 0 Å². The zero-order chi connectivity index (χ0) is 19.1. The monoisotopic (exact) mass is 365 g/mol. The molecule has 3 aromatic heterocycles. The fourth-order valence-corrected chi connectivity index (χ4v) is 2.23. The van der Waals surface area contributed by atoms with Crippen LogP contribution in [0.3, 0.4) is 0 Å². The molecule has 0 aromatic carbocycles. The van der Waals surface area contributed by atoms with E-state index >= 15 is 0 Å². The van der Waals surface area contributed by atoms with Crippen LogP contribution in [0.5, 0.6) is 0 Å². The van der Waals surface area contributed by atoms with Crippen LogP contribution in [0, 0.1) is 0 Å². The first kappa shape index (κ1) is 18.0. The minimum atomic E-state index is -1.04. The van der Waals surface area contributed by atoms with Gasteiger partial charge in [0.1, 0.15) is 23.7 Å². The SMILES string of the molecule is O=CCCC(Nc1ccc(-c2nnc(-c3ccccn3)nn2)nc1)C(=O)O. The fourth-order valence-electron chi connectivity index (χ4n) is 2.23. The Balaban J connectivity index is 1.71. The Bertz CT molecular complexity index is 902. The number of carbonyl (C=O) groups is 2. The lowest BCUT2D eigenvalue weighted by Crippen LogP contribution is -2.29. The molecule has 0 amide bonds. The molecule has 3 aromatic rings. The summed E-state index contributed by atoms with van der Waals surface area (Å²) < 4.78 is 0. The maximum Gasteiger partial charge on any atom is 0.326 e. The quantitative estimate of drug-likeness (QED) is 0.559. The number of anilines is 1. The molecule has 3 rings (SSSR count). The van der Waals surface area contributed by atoms with E-state index in [2.05, 4.69) is 35.7 Å². The highest BCUT2D eigenvalue weighted by atomic mass is 16.4. The second-order valence-corrected chi connectivity index (χ2v) is 5.47. The van der Waals surface area contributed by atoms with Gasteiger partial charge in [-0.2, -0.15) is 0 Å². The third kappa shape index (κ3) is 4.63. The van der Waals surface area contributed by atoms with Gasteiger partial charge < -0.3 is 15.2 Å². The van der Waals surface area contributed by atoms with Crippen molar-refractivity contribution in [1.29, 1.82) is 0 Å². The summed E-state index contributed by atoms with van der Waals surface area (Å²) in [5, 5.41) is 28.0. The smallest absolute Gasteiger partial charge is 0.326 e. The standard InChI is InChI=1S/C17H15N7O3/c25-9-3-5-14(17(26)27)20-11-6-7-13(19-10-11)16-23-21-15(22-24-16)12-4-1-2-8-18-12/h1-2,4,6-10,14,20H,3,5H2,(H,26,27). The first-order chi connectivity index (χ1) is 13.2. The van der Waals surface area contributed by atoms with E-state index in [1.165, 1.54) is 6.20 Å². The van der Waals surface area contributed by atoms with Crippen molar-refractivity contribution in [3.05, 3.63) is 42.7 Å². The summed E-state index contributed by atoms with van der Waals surface area (Å²) in [6.45, 7) is 0. The number of aliphatic carboxylic acids is 1. The van der Waals surface area contributed by atoms with Gasteiger partial charge in [-0.1, -0.05) is 6.07 Å². The Labute approximate surface area is 153 Å². The van der Waals surface area contributed by atoms with E-state index in [0.717, 1.165) is 0 Å². The molecule has 0 saturated carbocycles. The maximum absolute atomic E-state index is 11.2. The van der Waals surface area contributed by atoms with E-state index in [0.29, 0.717) is 29.2 Å². The summed E-state index contributed by atoms with van der Waals surface area (Å²) in [6.07, 6.45) is 4.11. The molecule has 0 aliphatic carbocycles. The van der Waals surface area contributed by atoms with Crippen LogP contribution < -0.4 is 5.32 Å². The number of aromatic nitrogens is 6. The van der Waals surface area contributed by atoms with Crippen molar-refractivity contribution >= 4 is 17.9 Å². The van der Waals surface area contributed by atoms with Gasteiger partial charge in [-0.3, -0.25) is 9.97 Å². The van der Waals surface area contributed by atoms with E-state index in [9.17, 15) is 14.7 Å². The van der Waals surface area contributed by atoms with Crippen molar-refractivity contribution in [2.45, 2.75) is 18.9 Å². The first-order valence-electron chi connectivity index (χ1n) is 8.05. The molecular formula is C17H15N7O3. The number of rotatable bonds is 8. The number of nitrogens with zero attached hydrogens (tertiary/aromatic N) is 6. The highest BCUT2D eigenvalue weighted by Gasteiger charge is 2.17. The van der Waals surface area contributed by atoms with Gasteiger partial charge in [-0.15, -0.1) is 20.4 Å². The van der Waals surface area contributed by atoms with Crippen LogP contribution in [-0.2, 0) is 9.59 Å². The Morgan fingerprint density at radius 2 is 1.74 bits per heavy atom. The number of carboxylic acid groups (broad SMARTS) is 1. The lowest BCUT2D eigenvalue weighted by molar-refractivity contribution is -0.138. The van der Waals surface area contributed by atoms with Gasteiger partial charge in [-0.05, 0) is 30.7 Å². The number of carboxylic acids is 1. The molecule has 0 saturated heterocycles. The number of hydrogen-bond donors (Lipinski definition) is 2. The molecule has 0 aliphatic rings. The van der Waals surface area contributed by atoms with Crippen LogP contribution in [0.15, 0.2) is 42.7 Å². The summed E-state index contributed by atoms with van der Waals surface area (Å²) in [6, 6.07) is 7.74. The minimum absolute atomic E-state index is 0.156. The number of aldehydes is 1. The zero-order valence-corrected chi connectivity index (χ0v) is 14.1. The summed E-state index contributed by atoms with van der Waals surface area (Å²) in [7, 11) is 0. The molecule has 0 radical (unpaired) electrons. The molecule has 136 valence electrons. The molecule has 10 nitrogen and oxygen atoms in total. The van der Waals surface area contributed by atoms with Crippen LogP contribution in [0.25, 0.3) is 23.0 Å². The van der Waals surface area contributed by atoms with E-state index in [-0.39, 0.29) is 18.7 Å². The lowest BCUT2D eigenvalue weighted by atomic mass is 10.1. The average molecular weight is 365 g/mol. The van der Waals surface area contributed by atoms with Crippen molar-refractivity contribution in [2.75, 3.05) is 5.32 Å². The van der Waals surface area contributed by atoms with Crippen LogP contribution in [0.1, 0.15) is 12.8 Å². The molecule has 0 spiro atoms. The topological polar surface area (TPSA) is 144 Å². The molecule has 1 atom stereocenters. The molecule has 2 N–H and O–H groups in total. The van der Waals surface area contributed by atoms with Gasteiger partial charge in [0.2, 0.25) is 11.6 Å². The van der Waals surface area contributed by atoms with Gasteiger partial charge in [0.15, 0.2) is 0 Å². The average Bonchev–Trinajstić information content (AvgIpc) is 2.72. The van der Waals surface area contributed by atoms with Crippen LogP contribution in [0.2, 0.25) is 0 Å². The maximum atomic E-state index is 11.2. The van der Waals surface area contributed by atoms with Crippen LogP contribution in [0.4, 0.5) is 5.69 Å². The molecule has 1 unspecified atom stereocenters. The largest absolute Gasteiger partial charge is 0.480 e. The van der Waals surface area contributed by atoms with Gasteiger partial charge in [0.05, 0.1) is 11.9 Å². The first-order valence-corrected chi connectivity index (χ1v) is 8.05. The summed E-state index contributed by atoms with van der Waals surface area (Å²) >= 11 is 0. The Morgan fingerprint density at radius 1 is 1.04 bits per heavy atom. The zero-order valence-electron chi connectivity index (χ0n) is 14.1. The Kier molecular flexibility index (Phi) is 5.67.